The van der Waals surface area contributed by atoms with E-state index >= 15 is 0 Å². The van der Waals surface area contributed by atoms with Crippen molar-refractivity contribution in [1.82, 2.24) is 4.90 Å². The van der Waals surface area contributed by atoms with Crippen LogP contribution in [0, 0.1) is 0 Å². The topological polar surface area (TPSA) is 40.5 Å². The second-order valence-electron chi connectivity index (χ2n) is 4.00. The number of nitrogens with zero attached hydrogens (tertiary/aromatic N) is 1. The highest BCUT2D eigenvalue weighted by molar-refractivity contribution is 5.76. The molecule has 0 bridgehead atoms. The van der Waals surface area contributed by atoms with Crippen molar-refractivity contribution in [2.75, 3.05) is 13.2 Å². The molecule has 0 aromatic heterocycles. The maximum atomic E-state index is 11.7. The van der Waals surface area contributed by atoms with E-state index in [9.17, 15) is 4.79 Å². The van der Waals surface area contributed by atoms with Crippen LogP contribution in [0.4, 0.5) is 0 Å². The van der Waals surface area contributed by atoms with Crippen LogP contribution in [0.1, 0.15) is 45.4 Å². The lowest BCUT2D eigenvalue weighted by Gasteiger charge is -2.21. The Hall–Kier alpha value is -0.570. The Balaban J connectivity index is 2.23. The standard InChI is InChI=1S/C11H21NO2/c1-2-8-12(10-6-7-10)11(14)5-3-4-9-13/h10,13H,2-9H2,1H3. The summed E-state index contributed by atoms with van der Waals surface area (Å²) < 4.78 is 0. The van der Waals surface area contributed by atoms with Gasteiger partial charge in [-0.05, 0) is 32.1 Å². The third-order valence-corrected chi connectivity index (χ3v) is 2.57. The van der Waals surface area contributed by atoms with Crippen molar-refractivity contribution in [2.24, 2.45) is 0 Å². The second-order valence-corrected chi connectivity index (χ2v) is 4.00. The van der Waals surface area contributed by atoms with Crippen LogP contribution >= 0.6 is 0 Å². The fourth-order valence-electron chi connectivity index (χ4n) is 1.67. The average molecular weight is 199 g/mol. The largest absolute Gasteiger partial charge is 0.396 e. The Morgan fingerprint density at radius 2 is 2.14 bits per heavy atom. The number of aliphatic hydroxyl groups excluding tert-OH is 1. The number of hydrogen-bond acceptors (Lipinski definition) is 2. The van der Waals surface area contributed by atoms with Crippen molar-refractivity contribution in [3.8, 4) is 0 Å². The summed E-state index contributed by atoms with van der Waals surface area (Å²) in [5.74, 6) is 0.280. The summed E-state index contributed by atoms with van der Waals surface area (Å²) in [6.07, 6.45) is 5.59. The highest BCUT2D eigenvalue weighted by Crippen LogP contribution is 2.27. The normalized spacial score (nSPS) is 15.6. The Labute approximate surface area is 86.1 Å². The Bertz CT molecular complexity index is 178. The molecule has 14 heavy (non-hydrogen) atoms. The smallest absolute Gasteiger partial charge is 0.222 e. The van der Waals surface area contributed by atoms with Crippen LogP contribution in [0.5, 0.6) is 0 Å². The maximum Gasteiger partial charge on any atom is 0.222 e. The number of unbranched alkanes of at least 4 members (excludes halogenated alkanes) is 1. The van der Waals surface area contributed by atoms with Gasteiger partial charge in [0.25, 0.3) is 0 Å². The Morgan fingerprint density at radius 1 is 1.43 bits per heavy atom. The Morgan fingerprint density at radius 3 is 2.64 bits per heavy atom. The number of rotatable bonds is 7. The second kappa shape index (κ2) is 6.02. The molecule has 0 aliphatic heterocycles. The van der Waals surface area contributed by atoms with Gasteiger partial charge in [0.05, 0.1) is 0 Å². The van der Waals surface area contributed by atoms with Crippen molar-refractivity contribution in [1.29, 1.82) is 0 Å². The van der Waals surface area contributed by atoms with Gasteiger partial charge < -0.3 is 10.0 Å². The zero-order chi connectivity index (χ0) is 10.4. The molecule has 0 radical (unpaired) electrons. The van der Waals surface area contributed by atoms with Crippen molar-refractivity contribution >= 4 is 5.91 Å². The summed E-state index contributed by atoms with van der Waals surface area (Å²) in [6, 6.07) is 0.538. The molecule has 0 atom stereocenters. The van der Waals surface area contributed by atoms with Gasteiger partial charge in [-0.25, -0.2) is 0 Å². The van der Waals surface area contributed by atoms with E-state index in [2.05, 4.69) is 6.92 Å². The first kappa shape index (κ1) is 11.5. The molecule has 0 aromatic rings. The molecule has 1 rings (SSSR count). The van der Waals surface area contributed by atoms with E-state index < -0.39 is 0 Å². The average Bonchev–Trinajstić information content (AvgIpc) is 2.98. The van der Waals surface area contributed by atoms with Crippen LogP contribution in [0.3, 0.4) is 0 Å². The highest BCUT2D eigenvalue weighted by atomic mass is 16.3. The lowest BCUT2D eigenvalue weighted by atomic mass is 10.2. The van der Waals surface area contributed by atoms with Crippen LogP contribution in [0.15, 0.2) is 0 Å². The molecule has 3 nitrogen and oxygen atoms in total. The first-order valence-corrected chi connectivity index (χ1v) is 5.70. The van der Waals surface area contributed by atoms with Crippen molar-refractivity contribution < 1.29 is 9.90 Å². The third-order valence-electron chi connectivity index (χ3n) is 2.57. The maximum absolute atomic E-state index is 11.7. The van der Waals surface area contributed by atoms with Gasteiger partial charge in [-0.2, -0.15) is 0 Å². The molecule has 1 fully saturated rings. The first-order valence-electron chi connectivity index (χ1n) is 5.70. The fourth-order valence-corrected chi connectivity index (χ4v) is 1.67. The van der Waals surface area contributed by atoms with Crippen LogP contribution in [-0.4, -0.2) is 35.1 Å². The van der Waals surface area contributed by atoms with Gasteiger partial charge in [0.1, 0.15) is 0 Å². The molecular weight excluding hydrogens is 178 g/mol. The number of carbonyl (C=O) groups is 1. The summed E-state index contributed by atoms with van der Waals surface area (Å²) >= 11 is 0. The number of hydrogen-bond donors (Lipinski definition) is 1. The van der Waals surface area contributed by atoms with Crippen LogP contribution in [0.25, 0.3) is 0 Å². The summed E-state index contributed by atoms with van der Waals surface area (Å²) in [7, 11) is 0. The summed E-state index contributed by atoms with van der Waals surface area (Å²) in [5, 5.41) is 8.62. The third kappa shape index (κ3) is 3.66. The molecule has 0 unspecified atom stereocenters. The minimum atomic E-state index is 0.199. The van der Waals surface area contributed by atoms with Gasteiger partial charge in [-0.15, -0.1) is 0 Å². The molecular formula is C11H21NO2. The fraction of sp³-hybridized carbons (Fsp3) is 0.909. The minimum Gasteiger partial charge on any atom is -0.396 e. The van der Waals surface area contributed by atoms with E-state index in [-0.39, 0.29) is 12.5 Å². The number of carbonyl (C=O) groups excluding carboxylic acids is 1. The Kier molecular flexibility index (Phi) is 4.94. The van der Waals surface area contributed by atoms with Crippen LogP contribution < -0.4 is 0 Å². The predicted octanol–water partition coefficient (Wildman–Crippen LogP) is 1.55. The molecule has 0 spiro atoms. The molecule has 3 heteroatoms. The molecule has 0 aromatic carbocycles. The minimum absolute atomic E-state index is 0.199. The molecule has 0 heterocycles. The van der Waals surface area contributed by atoms with E-state index in [0.29, 0.717) is 12.5 Å². The van der Waals surface area contributed by atoms with E-state index in [1.807, 2.05) is 4.90 Å². The summed E-state index contributed by atoms with van der Waals surface area (Å²) in [4.78, 5) is 13.8. The van der Waals surface area contributed by atoms with Crippen molar-refractivity contribution in [3.63, 3.8) is 0 Å². The van der Waals surface area contributed by atoms with Crippen molar-refractivity contribution in [3.05, 3.63) is 0 Å². The summed E-state index contributed by atoms with van der Waals surface area (Å²) in [6.45, 7) is 3.21. The number of aliphatic hydroxyl groups is 1. The van der Waals surface area contributed by atoms with Gasteiger partial charge in [0.15, 0.2) is 0 Å². The lowest BCUT2D eigenvalue weighted by Crippen LogP contribution is -2.33. The van der Waals surface area contributed by atoms with E-state index in [1.54, 1.807) is 0 Å². The van der Waals surface area contributed by atoms with Crippen molar-refractivity contribution in [2.45, 2.75) is 51.5 Å². The lowest BCUT2D eigenvalue weighted by molar-refractivity contribution is -0.131. The quantitative estimate of drug-likeness (QED) is 0.632. The zero-order valence-corrected chi connectivity index (χ0v) is 9.04. The van der Waals surface area contributed by atoms with Gasteiger partial charge in [0.2, 0.25) is 5.91 Å². The molecule has 1 aliphatic carbocycles. The molecule has 1 aliphatic rings. The SMILES string of the molecule is CCCN(C(=O)CCCCO)C1CC1. The molecule has 1 N–H and O–H groups in total. The zero-order valence-electron chi connectivity index (χ0n) is 9.04. The molecule has 82 valence electrons. The van der Waals surface area contributed by atoms with E-state index in [1.165, 1.54) is 12.8 Å². The van der Waals surface area contributed by atoms with Crippen LogP contribution in [0.2, 0.25) is 0 Å². The molecule has 1 saturated carbocycles. The molecule has 1 amide bonds. The first-order chi connectivity index (χ1) is 6.79. The van der Waals surface area contributed by atoms with Gasteiger partial charge in [0, 0.05) is 25.6 Å². The van der Waals surface area contributed by atoms with Crippen LogP contribution in [-0.2, 0) is 4.79 Å². The van der Waals surface area contributed by atoms with E-state index in [0.717, 1.165) is 25.8 Å². The van der Waals surface area contributed by atoms with E-state index in [4.69, 9.17) is 5.11 Å². The van der Waals surface area contributed by atoms with Gasteiger partial charge in [-0.3, -0.25) is 4.79 Å². The van der Waals surface area contributed by atoms with Gasteiger partial charge in [-0.1, -0.05) is 6.92 Å². The van der Waals surface area contributed by atoms with Gasteiger partial charge >= 0.3 is 0 Å². The predicted molar refractivity (Wildman–Crippen MR) is 56.0 cm³/mol. The highest BCUT2D eigenvalue weighted by Gasteiger charge is 2.31. The molecule has 0 saturated heterocycles. The summed E-state index contributed by atoms with van der Waals surface area (Å²) in [5.41, 5.74) is 0. The number of amides is 1. The monoisotopic (exact) mass is 199 g/mol.